The molecule has 0 saturated carbocycles. The summed E-state index contributed by atoms with van der Waals surface area (Å²) in [4.78, 5) is 18.4. The molecule has 106 valence electrons. The molecular weight excluding hydrogens is 256 g/mol. The molecule has 2 aromatic rings. The first-order valence-electron chi connectivity index (χ1n) is 6.91. The predicted molar refractivity (Wildman–Crippen MR) is 75.6 cm³/mol. The summed E-state index contributed by atoms with van der Waals surface area (Å²) in [5.41, 5.74) is 1.45. The number of hydrogen-bond acceptors (Lipinski definition) is 4. The van der Waals surface area contributed by atoms with Gasteiger partial charge in [-0.05, 0) is 31.9 Å². The lowest BCUT2D eigenvalue weighted by atomic mass is 9.94. The molecule has 1 aromatic heterocycles. The van der Waals surface area contributed by atoms with Crippen LogP contribution < -0.4 is 4.90 Å². The number of rotatable bonds is 2. The van der Waals surface area contributed by atoms with Crippen LogP contribution in [0.4, 0.5) is 6.01 Å². The van der Waals surface area contributed by atoms with E-state index in [9.17, 15) is 4.79 Å². The van der Waals surface area contributed by atoms with Crippen molar-refractivity contribution in [2.75, 3.05) is 18.6 Å². The van der Waals surface area contributed by atoms with Gasteiger partial charge in [-0.15, -0.1) is 0 Å². The lowest BCUT2D eigenvalue weighted by Crippen LogP contribution is -2.41. The maximum atomic E-state index is 12.5. The van der Waals surface area contributed by atoms with Gasteiger partial charge in [-0.2, -0.15) is 4.98 Å². The SMILES string of the molecule is CC1OCCCC1C(=O)N(C)c1nc2ccccc2o1. The Morgan fingerprint density at radius 3 is 2.95 bits per heavy atom. The molecule has 1 amide bonds. The highest BCUT2D eigenvalue weighted by Gasteiger charge is 2.32. The summed E-state index contributed by atoms with van der Waals surface area (Å²) in [6.07, 6.45) is 1.72. The highest BCUT2D eigenvalue weighted by Crippen LogP contribution is 2.26. The maximum absolute atomic E-state index is 12.5. The maximum Gasteiger partial charge on any atom is 0.304 e. The highest BCUT2D eigenvalue weighted by atomic mass is 16.5. The molecule has 3 rings (SSSR count). The molecule has 0 radical (unpaired) electrons. The number of carbonyl (C=O) groups is 1. The number of oxazole rings is 1. The molecule has 1 fully saturated rings. The summed E-state index contributed by atoms with van der Waals surface area (Å²) in [5, 5.41) is 0. The fourth-order valence-corrected chi connectivity index (χ4v) is 2.59. The summed E-state index contributed by atoms with van der Waals surface area (Å²) in [5.74, 6) is -0.118. The van der Waals surface area contributed by atoms with Crippen molar-refractivity contribution in [1.82, 2.24) is 4.98 Å². The number of ether oxygens (including phenoxy) is 1. The molecular formula is C15H18N2O3. The number of hydrogen-bond donors (Lipinski definition) is 0. The largest absolute Gasteiger partial charge is 0.423 e. The van der Waals surface area contributed by atoms with Gasteiger partial charge in [0.25, 0.3) is 0 Å². The van der Waals surface area contributed by atoms with E-state index in [0.717, 1.165) is 25.0 Å². The predicted octanol–water partition coefficient (Wildman–Crippen LogP) is 2.61. The van der Waals surface area contributed by atoms with E-state index in [-0.39, 0.29) is 17.9 Å². The fraction of sp³-hybridized carbons (Fsp3) is 0.467. The molecule has 0 aliphatic carbocycles. The Labute approximate surface area is 117 Å². The second kappa shape index (κ2) is 5.25. The van der Waals surface area contributed by atoms with Crippen LogP contribution in [0, 0.1) is 5.92 Å². The smallest absolute Gasteiger partial charge is 0.304 e. The van der Waals surface area contributed by atoms with E-state index < -0.39 is 0 Å². The number of amides is 1. The van der Waals surface area contributed by atoms with E-state index >= 15 is 0 Å². The Morgan fingerprint density at radius 1 is 1.40 bits per heavy atom. The lowest BCUT2D eigenvalue weighted by Gasteiger charge is -2.30. The van der Waals surface area contributed by atoms with Gasteiger partial charge in [-0.1, -0.05) is 12.1 Å². The Balaban J connectivity index is 1.83. The molecule has 5 heteroatoms. The van der Waals surface area contributed by atoms with Crippen molar-refractivity contribution in [3.05, 3.63) is 24.3 Å². The zero-order chi connectivity index (χ0) is 14.1. The third-order valence-electron chi connectivity index (χ3n) is 3.82. The fourth-order valence-electron chi connectivity index (χ4n) is 2.59. The van der Waals surface area contributed by atoms with Crippen LogP contribution in [0.3, 0.4) is 0 Å². The van der Waals surface area contributed by atoms with E-state index in [0.29, 0.717) is 11.6 Å². The third kappa shape index (κ3) is 2.29. The molecule has 2 heterocycles. The van der Waals surface area contributed by atoms with Crippen molar-refractivity contribution in [1.29, 1.82) is 0 Å². The molecule has 1 saturated heterocycles. The Bertz CT molecular complexity index is 589. The number of nitrogens with zero attached hydrogens (tertiary/aromatic N) is 2. The van der Waals surface area contributed by atoms with Crippen molar-refractivity contribution < 1.29 is 13.9 Å². The van der Waals surface area contributed by atoms with E-state index in [1.165, 1.54) is 4.90 Å². The molecule has 1 aliphatic heterocycles. The van der Waals surface area contributed by atoms with E-state index in [4.69, 9.17) is 9.15 Å². The minimum atomic E-state index is -0.122. The van der Waals surface area contributed by atoms with E-state index in [1.54, 1.807) is 7.05 Å². The third-order valence-corrected chi connectivity index (χ3v) is 3.82. The minimum absolute atomic E-state index is 0.00348. The lowest BCUT2D eigenvalue weighted by molar-refractivity contribution is -0.130. The van der Waals surface area contributed by atoms with Gasteiger partial charge in [0, 0.05) is 13.7 Å². The van der Waals surface area contributed by atoms with Crippen molar-refractivity contribution in [2.45, 2.75) is 25.9 Å². The van der Waals surface area contributed by atoms with Gasteiger partial charge in [-0.3, -0.25) is 9.69 Å². The summed E-state index contributed by atoms with van der Waals surface area (Å²) >= 11 is 0. The summed E-state index contributed by atoms with van der Waals surface area (Å²) in [6.45, 7) is 2.68. The van der Waals surface area contributed by atoms with Crippen LogP contribution in [0.25, 0.3) is 11.1 Å². The summed E-state index contributed by atoms with van der Waals surface area (Å²) in [7, 11) is 1.70. The van der Waals surface area contributed by atoms with Gasteiger partial charge in [0.15, 0.2) is 5.58 Å². The normalized spacial score (nSPS) is 22.9. The summed E-state index contributed by atoms with van der Waals surface area (Å²) < 4.78 is 11.2. The topological polar surface area (TPSA) is 55.6 Å². The number of carbonyl (C=O) groups excluding carboxylic acids is 1. The minimum Gasteiger partial charge on any atom is -0.423 e. The molecule has 2 unspecified atom stereocenters. The molecule has 0 spiro atoms. The highest BCUT2D eigenvalue weighted by molar-refractivity contribution is 5.94. The van der Waals surface area contributed by atoms with Crippen molar-refractivity contribution in [3.8, 4) is 0 Å². The van der Waals surface area contributed by atoms with Crippen LogP contribution in [0.2, 0.25) is 0 Å². The van der Waals surface area contributed by atoms with Gasteiger partial charge in [0.05, 0.1) is 12.0 Å². The first-order valence-corrected chi connectivity index (χ1v) is 6.91. The van der Waals surface area contributed by atoms with Crippen LogP contribution in [0.15, 0.2) is 28.7 Å². The Morgan fingerprint density at radius 2 is 2.20 bits per heavy atom. The van der Waals surface area contributed by atoms with Gasteiger partial charge < -0.3 is 9.15 Å². The van der Waals surface area contributed by atoms with Crippen molar-refractivity contribution >= 4 is 23.0 Å². The molecule has 2 atom stereocenters. The molecule has 20 heavy (non-hydrogen) atoms. The Hall–Kier alpha value is -1.88. The van der Waals surface area contributed by atoms with Crippen LogP contribution in [0.5, 0.6) is 0 Å². The summed E-state index contributed by atoms with van der Waals surface area (Å²) in [6, 6.07) is 7.83. The van der Waals surface area contributed by atoms with Crippen LogP contribution >= 0.6 is 0 Å². The average Bonchev–Trinajstić information content (AvgIpc) is 2.90. The van der Waals surface area contributed by atoms with Crippen molar-refractivity contribution in [2.24, 2.45) is 5.92 Å². The van der Waals surface area contributed by atoms with E-state index in [2.05, 4.69) is 4.98 Å². The van der Waals surface area contributed by atoms with Crippen LogP contribution in [-0.4, -0.2) is 30.6 Å². The first kappa shape index (κ1) is 13.1. The monoisotopic (exact) mass is 274 g/mol. The molecule has 1 aromatic carbocycles. The molecule has 0 N–H and O–H groups in total. The number of fused-ring (bicyclic) bond motifs is 1. The number of aromatic nitrogens is 1. The molecule has 0 bridgehead atoms. The van der Waals surface area contributed by atoms with Gasteiger partial charge >= 0.3 is 6.01 Å². The van der Waals surface area contributed by atoms with Crippen LogP contribution in [0.1, 0.15) is 19.8 Å². The zero-order valence-electron chi connectivity index (χ0n) is 11.7. The second-order valence-electron chi connectivity index (χ2n) is 5.19. The Kier molecular flexibility index (Phi) is 3.44. The van der Waals surface area contributed by atoms with Gasteiger partial charge in [-0.25, -0.2) is 0 Å². The number of anilines is 1. The average molecular weight is 274 g/mol. The first-order chi connectivity index (χ1) is 9.66. The standard InChI is InChI=1S/C15H18N2O3/c1-10-11(6-5-9-19-10)14(18)17(2)15-16-12-7-3-4-8-13(12)20-15/h3-4,7-8,10-11H,5-6,9H2,1-2H3. The van der Waals surface area contributed by atoms with Gasteiger partial charge in [0.1, 0.15) is 5.52 Å². The van der Waals surface area contributed by atoms with Gasteiger partial charge in [0.2, 0.25) is 5.91 Å². The van der Waals surface area contributed by atoms with Crippen molar-refractivity contribution in [3.63, 3.8) is 0 Å². The number of benzene rings is 1. The zero-order valence-corrected chi connectivity index (χ0v) is 11.7. The van der Waals surface area contributed by atoms with Crippen LogP contribution in [-0.2, 0) is 9.53 Å². The van der Waals surface area contributed by atoms with E-state index in [1.807, 2.05) is 31.2 Å². The quantitative estimate of drug-likeness (QED) is 0.844. The number of para-hydroxylation sites is 2. The second-order valence-corrected chi connectivity index (χ2v) is 5.19. The molecule has 5 nitrogen and oxygen atoms in total. The molecule has 1 aliphatic rings.